The third kappa shape index (κ3) is 3.84. The molecule has 1 aliphatic heterocycles. The van der Waals surface area contributed by atoms with Gasteiger partial charge in [0.1, 0.15) is 17.6 Å². The van der Waals surface area contributed by atoms with Crippen LogP contribution in [0.5, 0.6) is 0 Å². The second kappa shape index (κ2) is 8.12. The Morgan fingerprint density at radius 3 is 2.43 bits per heavy atom. The number of hydrogen-bond donors (Lipinski definition) is 0. The molecule has 0 spiro atoms. The molecule has 4 rings (SSSR count). The highest BCUT2D eigenvalue weighted by atomic mass is 35.5. The lowest BCUT2D eigenvalue weighted by Crippen LogP contribution is -2.45. The molecule has 0 bridgehead atoms. The number of anilines is 1. The van der Waals surface area contributed by atoms with E-state index in [4.69, 9.17) is 16.0 Å². The highest BCUT2D eigenvalue weighted by molar-refractivity contribution is 6.31. The van der Waals surface area contributed by atoms with Gasteiger partial charge in [-0.3, -0.25) is 14.4 Å². The molecule has 2 aromatic carbocycles. The van der Waals surface area contributed by atoms with Crippen molar-refractivity contribution in [2.45, 2.75) is 19.0 Å². The molecule has 3 amide bonds. The van der Waals surface area contributed by atoms with Gasteiger partial charge in [0.2, 0.25) is 5.91 Å². The van der Waals surface area contributed by atoms with Crippen LogP contribution in [0.25, 0.3) is 0 Å². The molecule has 0 radical (unpaired) electrons. The average molecular weight is 427 g/mol. The molecule has 152 valence electrons. The summed E-state index contributed by atoms with van der Waals surface area (Å²) in [5.41, 5.74) is 0.581. The van der Waals surface area contributed by atoms with Gasteiger partial charge in [0.15, 0.2) is 0 Å². The fraction of sp³-hybridized carbons (Fsp3) is 0.136. The fourth-order valence-corrected chi connectivity index (χ4v) is 3.50. The molecule has 3 aromatic rings. The molecule has 1 atom stereocenters. The first-order valence-electron chi connectivity index (χ1n) is 9.15. The predicted octanol–water partition coefficient (Wildman–Crippen LogP) is 4.05. The Balaban J connectivity index is 1.67. The standard InChI is InChI=1S/C22H16ClFN2O4/c23-15-5-9-17(10-6-15)26-20(27)12-19(22(26)29)25(13-18-2-1-11-30-18)21(28)14-3-7-16(24)8-4-14/h1-11,19H,12-13H2. The number of hydrogen-bond acceptors (Lipinski definition) is 4. The van der Waals surface area contributed by atoms with Gasteiger partial charge in [-0.05, 0) is 60.7 Å². The van der Waals surface area contributed by atoms with Crippen LogP contribution < -0.4 is 4.90 Å². The van der Waals surface area contributed by atoms with Gasteiger partial charge in [0, 0.05) is 10.6 Å². The number of imide groups is 1. The quantitative estimate of drug-likeness (QED) is 0.577. The number of rotatable bonds is 5. The van der Waals surface area contributed by atoms with Crippen molar-refractivity contribution in [1.29, 1.82) is 0 Å². The monoisotopic (exact) mass is 426 g/mol. The van der Waals surface area contributed by atoms with Gasteiger partial charge in [0.25, 0.3) is 11.8 Å². The van der Waals surface area contributed by atoms with Gasteiger partial charge in [-0.1, -0.05) is 11.6 Å². The van der Waals surface area contributed by atoms with Crippen LogP contribution in [0.1, 0.15) is 22.5 Å². The molecule has 0 aliphatic carbocycles. The van der Waals surface area contributed by atoms with E-state index in [2.05, 4.69) is 0 Å². The average Bonchev–Trinajstić information content (AvgIpc) is 3.35. The van der Waals surface area contributed by atoms with Crippen molar-refractivity contribution in [3.63, 3.8) is 0 Å². The molecule has 1 unspecified atom stereocenters. The third-order valence-corrected chi connectivity index (χ3v) is 5.09. The van der Waals surface area contributed by atoms with Crippen molar-refractivity contribution < 1.29 is 23.2 Å². The van der Waals surface area contributed by atoms with Gasteiger partial charge in [-0.2, -0.15) is 0 Å². The molecule has 30 heavy (non-hydrogen) atoms. The minimum Gasteiger partial charge on any atom is -0.467 e. The zero-order valence-corrected chi connectivity index (χ0v) is 16.4. The summed E-state index contributed by atoms with van der Waals surface area (Å²) in [6.07, 6.45) is 1.28. The summed E-state index contributed by atoms with van der Waals surface area (Å²) >= 11 is 5.89. The molecule has 2 heterocycles. The van der Waals surface area contributed by atoms with Crippen LogP contribution in [0.4, 0.5) is 10.1 Å². The first-order valence-corrected chi connectivity index (χ1v) is 9.53. The van der Waals surface area contributed by atoms with E-state index < -0.39 is 29.6 Å². The number of benzene rings is 2. The summed E-state index contributed by atoms with van der Waals surface area (Å²) in [5.74, 6) is -1.48. The Hall–Kier alpha value is -3.45. The van der Waals surface area contributed by atoms with E-state index >= 15 is 0 Å². The summed E-state index contributed by atoms with van der Waals surface area (Å²) in [4.78, 5) is 41.3. The van der Waals surface area contributed by atoms with E-state index in [0.29, 0.717) is 16.5 Å². The van der Waals surface area contributed by atoms with Gasteiger partial charge in [-0.15, -0.1) is 0 Å². The highest BCUT2D eigenvalue weighted by Crippen LogP contribution is 2.28. The van der Waals surface area contributed by atoms with Gasteiger partial charge in [-0.25, -0.2) is 9.29 Å². The van der Waals surface area contributed by atoms with Crippen molar-refractivity contribution in [1.82, 2.24) is 4.90 Å². The van der Waals surface area contributed by atoms with Crippen LogP contribution in [0.3, 0.4) is 0 Å². The maximum absolute atomic E-state index is 13.3. The van der Waals surface area contributed by atoms with Crippen molar-refractivity contribution >= 4 is 35.0 Å². The van der Waals surface area contributed by atoms with Crippen LogP contribution in [0, 0.1) is 5.82 Å². The Morgan fingerprint density at radius 2 is 1.80 bits per heavy atom. The lowest BCUT2D eigenvalue weighted by molar-refractivity contribution is -0.122. The van der Waals surface area contributed by atoms with Crippen LogP contribution in [0.15, 0.2) is 71.3 Å². The second-order valence-corrected chi connectivity index (χ2v) is 7.22. The van der Waals surface area contributed by atoms with E-state index in [1.165, 1.54) is 35.4 Å². The molecule has 1 aliphatic rings. The van der Waals surface area contributed by atoms with Crippen LogP contribution >= 0.6 is 11.6 Å². The molecule has 1 saturated heterocycles. The summed E-state index contributed by atoms with van der Waals surface area (Å²) in [5, 5.41) is 0.473. The smallest absolute Gasteiger partial charge is 0.257 e. The fourth-order valence-electron chi connectivity index (χ4n) is 3.37. The van der Waals surface area contributed by atoms with Gasteiger partial charge < -0.3 is 9.32 Å². The number of furan rings is 1. The number of nitrogens with zero attached hydrogens (tertiary/aromatic N) is 2. The largest absolute Gasteiger partial charge is 0.467 e. The molecule has 0 N–H and O–H groups in total. The first-order chi connectivity index (χ1) is 14.4. The van der Waals surface area contributed by atoms with E-state index in [0.717, 1.165) is 4.90 Å². The number of carbonyl (C=O) groups excluding carboxylic acids is 3. The second-order valence-electron chi connectivity index (χ2n) is 6.78. The first kappa shape index (κ1) is 19.8. The van der Waals surface area contributed by atoms with Crippen LogP contribution in [-0.4, -0.2) is 28.7 Å². The number of halogens is 2. The molecule has 6 nitrogen and oxygen atoms in total. The van der Waals surface area contributed by atoms with Gasteiger partial charge in [0.05, 0.1) is 24.9 Å². The molecular weight excluding hydrogens is 411 g/mol. The Bertz CT molecular complexity index is 1080. The Morgan fingerprint density at radius 1 is 1.10 bits per heavy atom. The van der Waals surface area contributed by atoms with Crippen molar-refractivity contribution in [3.8, 4) is 0 Å². The van der Waals surface area contributed by atoms with E-state index in [-0.39, 0.29) is 18.5 Å². The topological polar surface area (TPSA) is 70.8 Å². The van der Waals surface area contributed by atoms with Crippen LogP contribution in [0.2, 0.25) is 5.02 Å². The molecule has 8 heteroatoms. The maximum atomic E-state index is 13.3. The normalized spacial score (nSPS) is 16.2. The van der Waals surface area contributed by atoms with Gasteiger partial charge >= 0.3 is 0 Å². The zero-order chi connectivity index (χ0) is 21.3. The van der Waals surface area contributed by atoms with E-state index in [9.17, 15) is 18.8 Å². The number of amides is 3. The molecular formula is C22H16ClFN2O4. The van der Waals surface area contributed by atoms with Crippen molar-refractivity contribution in [2.24, 2.45) is 0 Å². The highest BCUT2D eigenvalue weighted by Gasteiger charge is 2.44. The Kier molecular flexibility index (Phi) is 5.37. The molecule has 0 saturated carbocycles. The predicted molar refractivity (Wildman–Crippen MR) is 107 cm³/mol. The SMILES string of the molecule is O=C1CC(N(Cc2ccco2)C(=O)c2ccc(F)cc2)C(=O)N1c1ccc(Cl)cc1. The van der Waals surface area contributed by atoms with Crippen molar-refractivity contribution in [2.75, 3.05) is 4.90 Å². The molecule has 1 fully saturated rings. The third-order valence-electron chi connectivity index (χ3n) is 4.84. The summed E-state index contributed by atoms with van der Waals surface area (Å²) in [6, 6.07) is 13.6. The zero-order valence-electron chi connectivity index (χ0n) is 15.6. The number of carbonyl (C=O) groups is 3. The van der Waals surface area contributed by atoms with E-state index in [1.807, 2.05) is 0 Å². The lowest BCUT2D eigenvalue weighted by Gasteiger charge is -2.27. The lowest BCUT2D eigenvalue weighted by atomic mass is 10.1. The summed E-state index contributed by atoms with van der Waals surface area (Å²) in [6.45, 7) is -0.0125. The van der Waals surface area contributed by atoms with Crippen LogP contribution in [-0.2, 0) is 16.1 Å². The van der Waals surface area contributed by atoms with Crippen molar-refractivity contribution in [3.05, 3.63) is 89.1 Å². The van der Waals surface area contributed by atoms with E-state index in [1.54, 1.807) is 36.4 Å². The summed E-state index contributed by atoms with van der Waals surface area (Å²) in [7, 11) is 0. The maximum Gasteiger partial charge on any atom is 0.257 e. The summed E-state index contributed by atoms with van der Waals surface area (Å²) < 4.78 is 18.6. The minimum atomic E-state index is -1.02. The minimum absolute atomic E-state index is 0.0125. The Labute approximate surface area is 176 Å². The molecule has 1 aromatic heterocycles.